The SMILES string of the molecule is CCOc1ccc(-c2ccc(OCCO)cc2)cc1. The lowest BCUT2D eigenvalue weighted by Crippen LogP contribution is -2.01. The highest BCUT2D eigenvalue weighted by Gasteiger charge is 1.99. The van der Waals surface area contributed by atoms with Gasteiger partial charge >= 0.3 is 0 Å². The molecule has 19 heavy (non-hydrogen) atoms. The van der Waals surface area contributed by atoms with Gasteiger partial charge in [0.15, 0.2) is 0 Å². The Balaban J connectivity index is 2.08. The summed E-state index contributed by atoms with van der Waals surface area (Å²) >= 11 is 0. The molecular formula is C16H18O3. The summed E-state index contributed by atoms with van der Waals surface area (Å²) in [6.07, 6.45) is 0. The minimum Gasteiger partial charge on any atom is -0.494 e. The Hall–Kier alpha value is -2.00. The van der Waals surface area contributed by atoms with E-state index in [-0.39, 0.29) is 6.61 Å². The van der Waals surface area contributed by atoms with E-state index in [1.807, 2.05) is 55.5 Å². The lowest BCUT2D eigenvalue weighted by atomic mass is 10.1. The molecule has 1 N–H and O–H groups in total. The summed E-state index contributed by atoms with van der Waals surface area (Å²) in [5.74, 6) is 1.65. The fourth-order valence-corrected chi connectivity index (χ4v) is 1.82. The standard InChI is InChI=1S/C16H18O3/c1-2-18-15-7-3-13(4-8-15)14-5-9-16(10-6-14)19-12-11-17/h3-10,17H,2,11-12H2,1H3. The number of benzene rings is 2. The zero-order chi connectivity index (χ0) is 13.5. The van der Waals surface area contributed by atoms with E-state index in [1.54, 1.807) is 0 Å². The van der Waals surface area contributed by atoms with Crippen LogP contribution >= 0.6 is 0 Å². The second-order valence-electron chi connectivity index (χ2n) is 4.05. The molecule has 0 aliphatic rings. The van der Waals surface area contributed by atoms with Crippen LogP contribution < -0.4 is 9.47 Å². The first-order valence-electron chi connectivity index (χ1n) is 6.40. The molecule has 3 nitrogen and oxygen atoms in total. The van der Waals surface area contributed by atoms with Gasteiger partial charge in [0.2, 0.25) is 0 Å². The highest BCUT2D eigenvalue weighted by Crippen LogP contribution is 2.24. The molecule has 0 amide bonds. The van der Waals surface area contributed by atoms with Crippen molar-refractivity contribution in [2.75, 3.05) is 19.8 Å². The van der Waals surface area contributed by atoms with Crippen LogP contribution in [-0.2, 0) is 0 Å². The molecule has 0 bridgehead atoms. The van der Waals surface area contributed by atoms with Crippen LogP contribution in [0.4, 0.5) is 0 Å². The maximum Gasteiger partial charge on any atom is 0.119 e. The molecule has 0 saturated heterocycles. The second-order valence-corrected chi connectivity index (χ2v) is 4.05. The van der Waals surface area contributed by atoms with Gasteiger partial charge in [-0.2, -0.15) is 0 Å². The van der Waals surface area contributed by atoms with Crippen LogP contribution in [-0.4, -0.2) is 24.9 Å². The van der Waals surface area contributed by atoms with E-state index >= 15 is 0 Å². The Morgan fingerprint density at radius 3 is 1.68 bits per heavy atom. The van der Waals surface area contributed by atoms with Crippen molar-refractivity contribution >= 4 is 0 Å². The Morgan fingerprint density at radius 1 is 0.789 bits per heavy atom. The van der Waals surface area contributed by atoms with E-state index in [4.69, 9.17) is 14.6 Å². The third-order valence-electron chi connectivity index (χ3n) is 2.71. The molecule has 0 saturated carbocycles. The normalized spacial score (nSPS) is 10.2. The minimum atomic E-state index is 0.0284. The summed E-state index contributed by atoms with van der Waals surface area (Å²) in [4.78, 5) is 0. The van der Waals surface area contributed by atoms with Gasteiger partial charge in [0, 0.05) is 0 Å². The highest BCUT2D eigenvalue weighted by atomic mass is 16.5. The predicted molar refractivity (Wildman–Crippen MR) is 75.6 cm³/mol. The molecule has 0 heterocycles. The summed E-state index contributed by atoms with van der Waals surface area (Å²) < 4.78 is 10.7. The first kappa shape index (κ1) is 13.4. The van der Waals surface area contributed by atoms with Gasteiger partial charge in [0.1, 0.15) is 18.1 Å². The van der Waals surface area contributed by atoms with Crippen molar-refractivity contribution in [2.24, 2.45) is 0 Å². The van der Waals surface area contributed by atoms with Crippen molar-refractivity contribution in [1.29, 1.82) is 0 Å². The van der Waals surface area contributed by atoms with Crippen LogP contribution in [0.3, 0.4) is 0 Å². The van der Waals surface area contributed by atoms with Gasteiger partial charge in [-0.25, -0.2) is 0 Å². The van der Waals surface area contributed by atoms with Gasteiger partial charge in [-0.05, 0) is 42.3 Å². The number of hydrogen-bond acceptors (Lipinski definition) is 3. The zero-order valence-electron chi connectivity index (χ0n) is 11.0. The van der Waals surface area contributed by atoms with Crippen LogP contribution in [0.15, 0.2) is 48.5 Å². The molecule has 3 heteroatoms. The second kappa shape index (κ2) is 6.81. The summed E-state index contributed by atoms with van der Waals surface area (Å²) in [7, 11) is 0. The smallest absolute Gasteiger partial charge is 0.119 e. The third-order valence-corrected chi connectivity index (χ3v) is 2.71. The Bertz CT molecular complexity index is 488. The number of hydrogen-bond donors (Lipinski definition) is 1. The largest absolute Gasteiger partial charge is 0.494 e. The van der Waals surface area contributed by atoms with Gasteiger partial charge in [-0.15, -0.1) is 0 Å². The van der Waals surface area contributed by atoms with E-state index in [9.17, 15) is 0 Å². The van der Waals surface area contributed by atoms with Crippen LogP contribution in [0.2, 0.25) is 0 Å². The lowest BCUT2D eigenvalue weighted by molar-refractivity contribution is 0.201. The molecular weight excluding hydrogens is 240 g/mol. The zero-order valence-corrected chi connectivity index (χ0v) is 11.0. The molecule has 0 fully saturated rings. The quantitative estimate of drug-likeness (QED) is 0.865. The van der Waals surface area contributed by atoms with E-state index in [0.717, 1.165) is 22.6 Å². The lowest BCUT2D eigenvalue weighted by Gasteiger charge is -2.07. The third kappa shape index (κ3) is 3.73. The van der Waals surface area contributed by atoms with Crippen molar-refractivity contribution in [3.63, 3.8) is 0 Å². The van der Waals surface area contributed by atoms with Gasteiger partial charge in [-0.3, -0.25) is 0 Å². The van der Waals surface area contributed by atoms with E-state index in [1.165, 1.54) is 0 Å². The minimum absolute atomic E-state index is 0.0284. The summed E-state index contributed by atoms with van der Waals surface area (Å²) in [6.45, 7) is 3.00. The molecule has 0 unspecified atom stereocenters. The van der Waals surface area contributed by atoms with E-state index < -0.39 is 0 Å². The van der Waals surface area contributed by atoms with Crippen LogP contribution in [0, 0.1) is 0 Å². The predicted octanol–water partition coefficient (Wildman–Crippen LogP) is 3.12. The number of aliphatic hydroxyl groups excluding tert-OH is 1. The molecule has 2 aromatic rings. The Morgan fingerprint density at radius 2 is 1.26 bits per heavy atom. The summed E-state index contributed by atoms with van der Waals surface area (Å²) in [6, 6.07) is 15.8. The van der Waals surface area contributed by atoms with Crippen LogP contribution in [0.1, 0.15) is 6.92 Å². The van der Waals surface area contributed by atoms with Crippen molar-refractivity contribution in [3.05, 3.63) is 48.5 Å². The maximum absolute atomic E-state index is 8.69. The molecule has 0 atom stereocenters. The van der Waals surface area contributed by atoms with Gasteiger partial charge in [-0.1, -0.05) is 24.3 Å². The molecule has 2 rings (SSSR count). The molecule has 0 aliphatic heterocycles. The monoisotopic (exact) mass is 258 g/mol. The molecule has 0 aliphatic carbocycles. The van der Waals surface area contributed by atoms with Crippen molar-refractivity contribution in [1.82, 2.24) is 0 Å². The van der Waals surface area contributed by atoms with Crippen molar-refractivity contribution in [3.8, 4) is 22.6 Å². The molecule has 0 radical (unpaired) electrons. The first-order valence-corrected chi connectivity index (χ1v) is 6.40. The summed E-state index contributed by atoms with van der Waals surface area (Å²) in [5, 5.41) is 8.69. The van der Waals surface area contributed by atoms with E-state index in [0.29, 0.717) is 13.2 Å². The summed E-state index contributed by atoms with van der Waals surface area (Å²) in [5.41, 5.74) is 2.26. The Labute approximate surface area is 113 Å². The van der Waals surface area contributed by atoms with Crippen molar-refractivity contribution in [2.45, 2.75) is 6.92 Å². The fourth-order valence-electron chi connectivity index (χ4n) is 1.82. The van der Waals surface area contributed by atoms with Crippen LogP contribution in [0.5, 0.6) is 11.5 Å². The average molecular weight is 258 g/mol. The van der Waals surface area contributed by atoms with Gasteiger partial charge < -0.3 is 14.6 Å². The Kier molecular flexibility index (Phi) is 4.81. The molecule has 0 aromatic heterocycles. The first-order chi connectivity index (χ1) is 9.33. The van der Waals surface area contributed by atoms with Crippen LogP contribution in [0.25, 0.3) is 11.1 Å². The molecule has 2 aromatic carbocycles. The average Bonchev–Trinajstić information content (AvgIpc) is 2.47. The topological polar surface area (TPSA) is 38.7 Å². The highest BCUT2D eigenvalue weighted by molar-refractivity contribution is 5.64. The number of rotatable bonds is 6. The van der Waals surface area contributed by atoms with Gasteiger partial charge in [0.05, 0.1) is 13.2 Å². The van der Waals surface area contributed by atoms with Gasteiger partial charge in [0.25, 0.3) is 0 Å². The fraction of sp³-hybridized carbons (Fsp3) is 0.250. The van der Waals surface area contributed by atoms with E-state index in [2.05, 4.69) is 0 Å². The maximum atomic E-state index is 8.69. The number of ether oxygens (including phenoxy) is 2. The number of aliphatic hydroxyl groups is 1. The molecule has 0 spiro atoms. The van der Waals surface area contributed by atoms with Crippen molar-refractivity contribution < 1.29 is 14.6 Å². The molecule has 100 valence electrons.